The second-order valence-corrected chi connectivity index (χ2v) is 3.92. The van der Waals surface area contributed by atoms with Crippen LogP contribution in [0, 0.1) is 0 Å². The van der Waals surface area contributed by atoms with Gasteiger partial charge in [0.25, 0.3) is 0 Å². The van der Waals surface area contributed by atoms with E-state index < -0.39 is 0 Å². The minimum atomic E-state index is -0.230. The first kappa shape index (κ1) is 10.6. The summed E-state index contributed by atoms with van der Waals surface area (Å²) in [5, 5.41) is 3.33. The second kappa shape index (κ2) is 4.73. The summed E-state index contributed by atoms with van der Waals surface area (Å²) in [7, 11) is 1.65. The molecule has 0 aromatic heterocycles. The van der Waals surface area contributed by atoms with Crippen LogP contribution in [0.3, 0.4) is 0 Å². The molecule has 2 rings (SSSR count). The van der Waals surface area contributed by atoms with Crippen LogP contribution in [-0.2, 0) is 4.74 Å². The summed E-state index contributed by atoms with van der Waals surface area (Å²) >= 11 is 5.98. The highest BCUT2D eigenvalue weighted by atomic mass is 35.5. The van der Waals surface area contributed by atoms with Crippen LogP contribution in [-0.4, -0.2) is 25.3 Å². The van der Waals surface area contributed by atoms with Crippen molar-refractivity contribution >= 4 is 17.3 Å². The minimum Gasteiger partial charge on any atom is -0.497 e. The molecule has 2 unspecified atom stereocenters. The molecule has 1 aliphatic heterocycles. The molecule has 1 saturated heterocycles. The smallest absolute Gasteiger partial charge is 0.151 e. The summed E-state index contributed by atoms with van der Waals surface area (Å²) in [6.07, 6.45) is 0.945. The number of hydrogen-bond acceptors (Lipinski definition) is 3. The Morgan fingerprint density at radius 2 is 2.13 bits per heavy atom. The summed E-state index contributed by atoms with van der Waals surface area (Å²) in [6.45, 7) is 0.724. The average Bonchev–Trinajstić information content (AvgIpc) is 2.66. The topological polar surface area (TPSA) is 30.5 Å². The van der Waals surface area contributed by atoms with E-state index >= 15 is 0 Å². The Labute approximate surface area is 94.3 Å². The zero-order valence-corrected chi connectivity index (χ0v) is 9.33. The Morgan fingerprint density at radius 1 is 1.40 bits per heavy atom. The van der Waals surface area contributed by atoms with E-state index in [1.165, 1.54) is 0 Å². The Bertz CT molecular complexity index is 315. The second-order valence-electron chi connectivity index (χ2n) is 3.49. The van der Waals surface area contributed by atoms with Gasteiger partial charge in [0.05, 0.1) is 19.8 Å². The number of rotatable bonds is 3. The largest absolute Gasteiger partial charge is 0.497 e. The van der Waals surface area contributed by atoms with Crippen LogP contribution in [0.15, 0.2) is 24.3 Å². The van der Waals surface area contributed by atoms with E-state index in [0.29, 0.717) is 0 Å². The molecule has 1 aliphatic rings. The van der Waals surface area contributed by atoms with Gasteiger partial charge in [-0.3, -0.25) is 0 Å². The third-order valence-electron chi connectivity index (χ3n) is 2.46. The Hall–Kier alpha value is -0.930. The molecule has 3 nitrogen and oxygen atoms in total. The first-order valence-corrected chi connectivity index (χ1v) is 5.39. The number of hydrogen-bond donors (Lipinski definition) is 1. The maximum Gasteiger partial charge on any atom is 0.151 e. The number of alkyl halides is 1. The molecule has 0 aliphatic carbocycles. The lowest BCUT2D eigenvalue weighted by Gasteiger charge is -2.15. The van der Waals surface area contributed by atoms with Crippen LogP contribution >= 0.6 is 11.6 Å². The van der Waals surface area contributed by atoms with Crippen molar-refractivity contribution in [3.05, 3.63) is 24.3 Å². The molecule has 1 heterocycles. The molecule has 1 aromatic rings. The first-order valence-electron chi connectivity index (χ1n) is 4.96. The standard InChI is InChI=1S/C11H14ClNO2/c1-14-9-4-2-8(3-5-9)13-10-6-7-15-11(10)12/h2-5,10-11,13H,6-7H2,1H3. The molecule has 15 heavy (non-hydrogen) atoms. The molecule has 1 fully saturated rings. The fraction of sp³-hybridized carbons (Fsp3) is 0.455. The molecule has 2 atom stereocenters. The summed E-state index contributed by atoms with van der Waals surface area (Å²) in [4.78, 5) is 0. The first-order chi connectivity index (χ1) is 7.29. The Balaban J connectivity index is 1.98. The van der Waals surface area contributed by atoms with Gasteiger partial charge in [-0.25, -0.2) is 0 Å². The lowest BCUT2D eigenvalue weighted by atomic mass is 10.2. The lowest BCUT2D eigenvalue weighted by Crippen LogP contribution is -2.24. The molecule has 0 saturated carbocycles. The summed E-state index contributed by atoms with van der Waals surface area (Å²) in [5.41, 5.74) is 0.809. The molecule has 1 N–H and O–H groups in total. The number of nitrogens with one attached hydrogen (secondary N) is 1. The zero-order chi connectivity index (χ0) is 10.7. The maximum atomic E-state index is 5.98. The third kappa shape index (κ3) is 2.55. The molecular formula is C11H14ClNO2. The van der Waals surface area contributed by atoms with Gasteiger partial charge in [0.2, 0.25) is 0 Å². The van der Waals surface area contributed by atoms with Crippen molar-refractivity contribution in [3.63, 3.8) is 0 Å². The van der Waals surface area contributed by atoms with Crippen LogP contribution in [0.5, 0.6) is 5.75 Å². The highest BCUT2D eigenvalue weighted by molar-refractivity contribution is 6.20. The van der Waals surface area contributed by atoms with Crippen LogP contribution in [0.2, 0.25) is 0 Å². The Morgan fingerprint density at radius 3 is 2.67 bits per heavy atom. The SMILES string of the molecule is COc1ccc(NC2CCOC2Cl)cc1. The van der Waals surface area contributed by atoms with Crippen molar-refractivity contribution < 1.29 is 9.47 Å². The van der Waals surface area contributed by atoms with Crippen LogP contribution in [0.4, 0.5) is 5.69 Å². The number of ether oxygens (including phenoxy) is 2. The van der Waals surface area contributed by atoms with Gasteiger partial charge in [-0.15, -0.1) is 0 Å². The van der Waals surface area contributed by atoms with Crippen molar-refractivity contribution in [2.45, 2.75) is 18.0 Å². The molecule has 0 spiro atoms. The van der Waals surface area contributed by atoms with Crippen LogP contribution in [0.1, 0.15) is 6.42 Å². The molecule has 0 amide bonds. The molecule has 0 bridgehead atoms. The van der Waals surface area contributed by atoms with Crippen LogP contribution < -0.4 is 10.1 Å². The minimum absolute atomic E-state index is 0.195. The van der Waals surface area contributed by atoms with E-state index in [0.717, 1.165) is 24.5 Å². The van der Waals surface area contributed by atoms with Crippen molar-refractivity contribution in [1.82, 2.24) is 0 Å². The van der Waals surface area contributed by atoms with E-state index in [4.69, 9.17) is 21.1 Å². The summed E-state index contributed by atoms with van der Waals surface area (Å²) < 4.78 is 10.3. The number of methoxy groups -OCH3 is 1. The zero-order valence-electron chi connectivity index (χ0n) is 8.57. The molecular weight excluding hydrogens is 214 g/mol. The van der Waals surface area contributed by atoms with Gasteiger partial charge in [-0.2, -0.15) is 0 Å². The molecule has 4 heteroatoms. The van der Waals surface area contributed by atoms with Gasteiger partial charge in [0, 0.05) is 5.69 Å². The predicted molar refractivity (Wildman–Crippen MR) is 60.6 cm³/mol. The van der Waals surface area contributed by atoms with E-state index in [1.807, 2.05) is 24.3 Å². The molecule has 1 aromatic carbocycles. The van der Waals surface area contributed by atoms with Crippen molar-refractivity contribution in [2.24, 2.45) is 0 Å². The van der Waals surface area contributed by atoms with Gasteiger partial charge >= 0.3 is 0 Å². The predicted octanol–water partition coefficient (Wildman–Crippen LogP) is 2.46. The van der Waals surface area contributed by atoms with Gasteiger partial charge < -0.3 is 14.8 Å². The summed E-state index contributed by atoms with van der Waals surface area (Å²) in [5.74, 6) is 0.852. The molecule has 0 radical (unpaired) electrons. The highest BCUT2D eigenvalue weighted by Crippen LogP contribution is 2.22. The fourth-order valence-electron chi connectivity index (χ4n) is 1.59. The van der Waals surface area contributed by atoms with Crippen molar-refractivity contribution in [1.29, 1.82) is 0 Å². The van der Waals surface area contributed by atoms with E-state index in [2.05, 4.69) is 5.32 Å². The number of benzene rings is 1. The monoisotopic (exact) mass is 227 g/mol. The maximum absolute atomic E-state index is 5.98. The Kier molecular flexibility index (Phi) is 3.34. The van der Waals surface area contributed by atoms with Crippen molar-refractivity contribution in [2.75, 3.05) is 19.0 Å². The summed E-state index contributed by atoms with van der Waals surface area (Å²) in [6, 6.07) is 7.98. The van der Waals surface area contributed by atoms with Gasteiger partial charge in [0.1, 0.15) is 5.75 Å². The number of halogens is 1. The molecule has 82 valence electrons. The van der Waals surface area contributed by atoms with Crippen molar-refractivity contribution in [3.8, 4) is 5.75 Å². The van der Waals surface area contributed by atoms with Gasteiger partial charge in [0.15, 0.2) is 5.56 Å². The van der Waals surface area contributed by atoms with Crippen LogP contribution in [0.25, 0.3) is 0 Å². The quantitative estimate of drug-likeness (QED) is 0.805. The highest BCUT2D eigenvalue weighted by Gasteiger charge is 2.25. The average molecular weight is 228 g/mol. The lowest BCUT2D eigenvalue weighted by molar-refractivity contribution is 0.165. The normalized spacial score (nSPS) is 25.2. The van der Waals surface area contributed by atoms with Gasteiger partial charge in [-0.1, -0.05) is 11.6 Å². The third-order valence-corrected chi connectivity index (χ3v) is 2.89. The fourth-order valence-corrected chi connectivity index (χ4v) is 1.87. The van der Waals surface area contributed by atoms with E-state index in [1.54, 1.807) is 7.11 Å². The van der Waals surface area contributed by atoms with E-state index in [-0.39, 0.29) is 11.6 Å². The van der Waals surface area contributed by atoms with E-state index in [9.17, 15) is 0 Å². The van der Waals surface area contributed by atoms with Gasteiger partial charge in [-0.05, 0) is 30.7 Å². The number of anilines is 1.